The number of ether oxygens (including phenoxy) is 7. The van der Waals surface area contributed by atoms with Crippen LogP contribution >= 0.6 is 11.8 Å². The zero-order valence-electron chi connectivity index (χ0n) is 26.3. The molecule has 4 rings (SSSR count). The lowest BCUT2D eigenvalue weighted by atomic mass is 9.90. The van der Waals surface area contributed by atoms with Crippen LogP contribution in [0, 0.1) is 5.41 Å². The first-order valence-corrected chi connectivity index (χ1v) is 16.3. The van der Waals surface area contributed by atoms with Gasteiger partial charge in [0.15, 0.2) is 0 Å². The van der Waals surface area contributed by atoms with Gasteiger partial charge in [0, 0.05) is 28.7 Å². The Hall–Kier alpha value is -3.83. The number of benzene rings is 3. The fourth-order valence-corrected chi connectivity index (χ4v) is 5.09. The number of rotatable bonds is 21. The lowest BCUT2D eigenvalue weighted by Crippen LogP contribution is -2.43. The second-order valence-corrected chi connectivity index (χ2v) is 12.1. The molecule has 0 aromatic heterocycles. The van der Waals surface area contributed by atoms with Crippen molar-refractivity contribution in [3.8, 4) is 17.2 Å². The Morgan fingerprint density at radius 1 is 0.783 bits per heavy atom. The van der Waals surface area contributed by atoms with Crippen molar-refractivity contribution >= 4 is 23.7 Å². The van der Waals surface area contributed by atoms with Crippen LogP contribution in [0.3, 0.4) is 0 Å². The molecule has 0 bridgehead atoms. The van der Waals surface area contributed by atoms with Crippen LogP contribution in [-0.4, -0.2) is 71.4 Å². The lowest BCUT2D eigenvalue weighted by molar-refractivity contribution is -0.139. The predicted octanol–water partition coefficient (Wildman–Crippen LogP) is 6.53. The normalized spacial score (nSPS) is 13.3. The van der Waals surface area contributed by atoms with E-state index in [2.05, 4.69) is 25.6 Å². The number of thioether (sulfide) groups is 1. The summed E-state index contributed by atoms with van der Waals surface area (Å²) >= 11 is 1.73. The van der Waals surface area contributed by atoms with Gasteiger partial charge >= 0.3 is 11.9 Å². The SMILES string of the molecule is C=CC(=O)OCCOCCOc1ccc(C(=O)Oc2ccc(CSc3ccc(OCCCCOCC4(C)COC4)cc3)cc2)cc1. The minimum atomic E-state index is -0.483. The van der Waals surface area contributed by atoms with Gasteiger partial charge in [-0.25, -0.2) is 9.59 Å². The largest absolute Gasteiger partial charge is 0.494 e. The molecule has 0 radical (unpaired) electrons. The first kappa shape index (κ1) is 35.0. The van der Waals surface area contributed by atoms with Crippen molar-refractivity contribution in [2.24, 2.45) is 5.41 Å². The van der Waals surface area contributed by atoms with Gasteiger partial charge in [-0.05, 0) is 79.1 Å². The van der Waals surface area contributed by atoms with Gasteiger partial charge in [-0.3, -0.25) is 0 Å². The molecule has 3 aromatic carbocycles. The van der Waals surface area contributed by atoms with Crippen molar-refractivity contribution in [2.75, 3.05) is 59.5 Å². The smallest absolute Gasteiger partial charge is 0.343 e. The highest BCUT2D eigenvalue weighted by molar-refractivity contribution is 7.98. The highest BCUT2D eigenvalue weighted by Gasteiger charge is 2.33. The van der Waals surface area contributed by atoms with E-state index >= 15 is 0 Å². The Kier molecular flexibility index (Phi) is 14.5. The predicted molar refractivity (Wildman–Crippen MR) is 176 cm³/mol. The van der Waals surface area contributed by atoms with Crippen LogP contribution in [0.25, 0.3) is 0 Å². The number of unbranched alkanes of at least 4 members (excludes halogenated alkanes) is 1. The number of hydrogen-bond donors (Lipinski definition) is 0. The molecule has 9 nitrogen and oxygen atoms in total. The molecule has 0 unspecified atom stereocenters. The molecule has 1 fully saturated rings. The van der Waals surface area contributed by atoms with Gasteiger partial charge in [-0.2, -0.15) is 0 Å². The van der Waals surface area contributed by atoms with Gasteiger partial charge in [0.25, 0.3) is 0 Å². The molecule has 1 aliphatic heterocycles. The van der Waals surface area contributed by atoms with Crippen molar-refractivity contribution in [2.45, 2.75) is 30.4 Å². The van der Waals surface area contributed by atoms with Gasteiger partial charge < -0.3 is 33.2 Å². The minimum Gasteiger partial charge on any atom is -0.494 e. The minimum absolute atomic E-state index is 0.156. The average molecular weight is 651 g/mol. The molecule has 0 atom stereocenters. The maximum Gasteiger partial charge on any atom is 0.343 e. The second-order valence-electron chi connectivity index (χ2n) is 11.1. The summed E-state index contributed by atoms with van der Waals surface area (Å²) in [5.41, 5.74) is 1.74. The summed E-state index contributed by atoms with van der Waals surface area (Å²) in [5.74, 6) is 1.80. The molecule has 0 aliphatic carbocycles. The van der Waals surface area contributed by atoms with Gasteiger partial charge in [-0.1, -0.05) is 25.6 Å². The highest BCUT2D eigenvalue weighted by Crippen LogP contribution is 2.27. The number of carbonyl (C=O) groups is 2. The molecule has 0 N–H and O–H groups in total. The van der Waals surface area contributed by atoms with Crippen LogP contribution in [0.5, 0.6) is 17.2 Å². The first-order chi connectivity index (χ1) is 22.4. The number of hydrogen-bond acceptors (Lipinski definition) is 10. The van der Waals surface area contributed by atoms with Crippen molar-refractivity contribution in [1.29, 1.82) is 0 Å². The zero-order valence-corrected chi connectivity index (χ0v) is 27.1. The molecular formula is C36H42O9S. The molecule has 46 heavy (non-hydrogen) atoms. The summed E-state index contributed by atoms with van der Waals surface area (Å²) < 4.78 is 38.2. The van der Waals surface area contributed by atoms with Crippen LogP contribution in [-0.2, 0) is 29.5 Å². The van der Waals surface area contributed by atoms with Crippen molar-refractivity contribution < 1.29 is 42.7 Å². The summed E-state index contributed by atoms with van der Waals surface area (Å²) in [5, 5.41) is 0. The lowest BCUT2D eigenvalue weighted by Gasteiger charge is -2.37. The van der Waals surface area contributed by atoms with Crippen molar-refractivity contribution in [1.82, 2.24) is 0 Å². The third-order valence-electron chi connectivity index (χ3n) is 6.89. The average Bonchev–Trinajstić information content (AvgIpc) is 3.07. The summed E-state index contributed by atoms with van der Waals surface area (Å²) in [7, 11) is 0. The Labute approximate surface area is 275 Å². The zero-order chi connectivity index (χ0) is 32.5. The number of esters is 2. The summed E-state index contributed by atoms with van der Waals surface area (Å²) in [6, 6.07) is 22.4. The van der Waals surface area contributed by atoms with E-state index in [1.807, 2.05) is 24.3 Å². The summed E-state index contributed by atoms with van der Waals surface area (Å²) in [4.78, 5) is 24.7. The standard InChI is InChI=1S/C36H42O9S/c1-3-34(37)44-23-21-39-20-22-43-30-12-8-29(9-13-30)35(38)45-32-10-6-28(7-11-32)24-46-33-16-14-31(15-17-33)42-19-5-4-18-40-25-36(2)26-41-27-36/h3,6-17H,1,4-5,18-27H2,2H3. The molecule has 1 aliphatic rings. The monoisotopic (exact) mass is 650 g/mol. The fraction of sp³-hybridized carbons (Fsp3) is 0.389. The van der Waals surface area contributed by atoms with Crippen LogP contribution in [0.15, 0.2) is 90.3 Å². The van der Waals surface area contributed by atoms with Crippen molar-refractivity contribution in [3.05, 3.63) is 96.6 Å². The molecule has 0 spiro atoms. The maximum absolute atomic E-state index is 12.6. The van der Waals surface area contributed by atoms with Gasteiger partial charge in [0.1, 0.15) is 30.5 Å². The Balaban J connectivity index is 1.07. The van der Waals surface area contributed by atoms with Gasteiger partial charge in [-0.15, -0.1) is 11.8 Å². The van der Waals surface area contributed by atoms with E-state index in [0.717, 1.165) is 67.3 Å². The second kappa shape index (κ2) is 19.0. The van der Waals surface area contributed by atoms with Crippen molar-refractivity contribution in [3.63, 3.8) is 0 Å². The molecule has 246 valence electrons. The third-order valence-corrected chi connectivity index (χ3v) is 7.97. The van der Waals surface area contributed by atoms with E-state index in [0.29, 0.717) is 36.9 Å². The molecule has 0 amide bonds. The quantitative estimate of drug-likeness (QED) is 0.0416. The van der Waals surface area contributed by atoms with Gasteiger partial charge in [0.05, 0.1) is 45.2 Å². The Bertz CT molecular complexity index is 1350. The van der Waals surface area contributed by atoms with E-state index in [4.69, 9.17) is 33.2 Å². The highest BCUT2D eigenvalue weighted by atomic mass is 32.2. The fourth-order valence-electron chi connectivity index (χ4n) is 4.23. The van der Waals surface area contributed by atoms with E-state index < -0.39 is 11.9 Å². The molecular weight excluding hydrogens is 608 g/mol. The maximum atomic E-state index is 12.6. The van der Waals surface area contributed by atoms with E-state index in [-0.39, 0.29) is 18.6 Å². The third kappa shape index (κ3) is 12.5. The van der Waals surface area contributed by atoms with E-state index in [1.165, 1.54) is 0 Å². The molecule has 10 heteroatoms. The molecule has 0 saturated carbocycles. The number of carbonyl (C=O) groups excluding carboxylic acids is 2. The summed E-state index contributed by atoms with van der Waals surface area (Å²) in [6.45, 7) is 10.4. The Morgan fingerprint density at radius 2 is 1.41 bits per heavy atom. The van der Waals surface area contributed by atoms with Crippen LogP contribution in [0.4, 0.5) is 0 Å². The van der Waals surface area contributed by atoms with E-state index in [9.17, 15) is 9.59 Å². The van der Waals surface area contributed by atoms with Crippen LogP contribution in [0.2, 0.25) is 0 Å². The molecule has 3 aromatic rings. The van der Waals surface area contributed by atoms with Gasteiger partial charge in [0.2, 0.25) is 0 Å². The van der Waals surface area contributed by atoms with E-state index in [1.54, 1.807) is 48.2 Å². The first-order valence-electron chi connectivity index (χ1n) is 15.3. The topological polar surface area (TPSA) is 98.8 Å². The summed E-state index contributed by atoms with van der Waals surface area (Å²) in [6.07, 6.45) is 3.03. The van der Waals surface area contributed by atoms with Crippen LogP contribution < -0.4 is 14.2 Å². The molecule has 1 saturated heterocycles. The molecule has 1 heterocycles. The van der Waals surface area contributed by atoms with Crippen LogP contribution in [0.1, 0.15) is 35.7 Å². The Morgan fingerprint density at radius 3 is 2.09 bits per heavy atom.